The standard InChI is InChI=1S/C27H22FNO6/c1-15-13-17(9-12-20(15)28)25(32)23-24(19-5-3-4-6-21(19)35-2)29(27(34)26(23)33)18-10-7-16(8-11-18)14-22(30)31/h3-13,24,32H,14H2,1-2H3,(H,30,31)/b25-23+. The second-order valence-electron chi connectivity index (χ2n) is 8.11. The number of carboxylic acids is 1. The summed E-state index contributed by atoms with van der Waals surface area (Å²) < 4.78 is 19.3. The van der Waals surface area contributed by atoms with Crippen molar-refractivity contribution in [2.24, 2.45) is 0 Å². The minimum absolute atomic E-state index is 0.167. The average Bonchev–Trinajstić information content (AvgIpc) is 3.10. The number of methoxy groups -OCH3 is 1. The van der Waals surface area contributed by atoms with Gasteiger partial charge in [-0.05, 0) is 54.4 Å². The highest BCUT2D eigenvalue weighted by Gasteiger charge is 2.47. The molecule has 1 aliphatic heterocycles. The quantitative estimate of drug-likeness (QED) is 0.311. The van der Waals surface area contributed by atoms with Crippen molar-refractivity contribution in [3.8, 4) is 5.75 Å². The van der Waals surface area contributed by atoms with Crippen LogP contribution in [-0.4, -0.2) is 35.0 Å². The van der Waals surface area contributed by atoms with Crippen molar-refractivity contribution in [2.45, 2.75) is 19.4 Å². The van der Waals surface area contributed by atoms with Gasteiger partial charge in [0.05, 0.1) is 25.1 Å². The van der Waals surface area contributed by atoms with Crippen molar-refractivity contribution in [3.63, 3.8) is 0 Å². The zero-order valence-electron chi connectivity index (χ0n) is 19.0. The summed E-state index contributed by atoms with van der Waals surface area (Å²) in [6.45, 7) is 1.53. The number of aliphatic hydroxyl groups excluding tert-OH is 1. The third kappa shape index (κ3) is 4.38. The molecule has 1 aliphatic rings. The predicted molar refractivity (Wildman–Crippen MR) is 127 cm³/mol. The molecule has 1 fully saturated rings. The van der Waals surface area contributed by atoms with Gasteiger partial charge in [0.25, 0.3) is 11.7 Å². The molecule has 1 heterocycles. The lowest BCUT2D eigenvalue weighted by Crippen LogP contribution is -2.29. The van der Waals surface area contributed by atoms with Crippen LogP contribution in [0.1, 0.15) is 28.3 Å². The molecule has 3 aromatic rings. The number of aryl methyl sites for hydroxylation is 1. The van der Waals surface area contributed by atoms with E-state index in [1.807, 2.05) is 0 Å². The molecule has 0 saturated carbocycles. The molecule has 4 rings (SSSR count). The van der Waals surface area contributed by atoms with E-state index in [0.717, 1.165) is 0 Å². The maximum atomic E-state index is 13.8. The SMILES string of the molecule is COc1ccccc1C1/C(=C(\O)c2ccc(F)c(C)c2)C(=O)C(=O)N1c1ccc(CC(=O)O)cc1. The topological polar surface area (TPSA) is 104 Å². The monoisotopic (exact) mass is 475 g/mol. The number of rotatable bonds is 6. The summed E-state index contributed by atoms with van der Waals surface area (Å²) in [6.07, 6.45) is -0.195. The first-order valence-corrected chi connectivity index (χ1v) is 10.7. The number of aliphatic carboxylic acids is 1. The van der Waals surface area contributed by atoms with Crippen molar-refractivity contribution in [3.05, 3.63) is 100 Å². The van der Waals surface area contributed by atoms with Gasteiger partial charge in [0.1, 0.15) is 17.3 Å². The fraction of sp³-hybridized carbons (Fsp3) is 0.148. The Labute approximate surface area is 200 Å². The highest BCUT2D eigenvalue weighted by molar-refractivity contribution is 6.51. The molecule has 3 aromatic carbocycles. The van der Waals surface area contributed by atoms with Crippen LogP contribution in [0.2, 0.25) is 0 Å². The maximum absolute atomic E-state index is 13.8. The molecule has 1 atom stereocenters. The van der Waals surface area contributed by atoms with Gasteiger partial charge in [0.2, 0.25) is 0 Å². The van der Waals surface area contributed by atoms with Gasteiger partial charge in [-0.1, -0.05) is 30.3 Å². The summed E-state index contributed by atoms with van der Waals surface area (Å²) in [4.78, 5) is 38.8. The smallest absolute Gasteiger partial charge is 0.307 e. The summed E-state index contributed by atoms with van der Waals surface area (Å²) in [6, 6.07) is 15.9. The molecule has 0 bridgehead atoms. The van der Waals surface area contributed by atoms with Gasteiger partial charge >= 0.3 is 5.97 Å². The van der Waals surface area contributed by atoms with E-state index in [2.05, 4.69) is 0 Å². The molecule has 2 N–H and O–H groups in total. The van der Waals surface area contributed by atoms with Gasteiger partial charge in [-0.25, -0.2) is 4.39 Å². The number of hydrogen-bond acceptors (Lipinski definition) is 5. The number of amides is 1. The average molecular weight is 475 g/mol. The minimum Gasteiger partial charge on any atom is -0.507 e. The lowest BCUT2D eigenvalue weighted by atomic mass is 9.94. The number of ether oxygens (including phenoxy) is 1. The first kappa shape index (κ1) is 23.7. The number of ketones is 1. The largest absolute Gasteiger partial charge is 0.507 e. The summed E-state index contributed by atoms with van der Waals surface area (Å²) in [5, 5.41) is 20.2. The van der Waals surface area contributed by atoms with E-state index >= 15 is 0 Å². The molecule has 8 heteroatoms. The zero-order valence-corrected chi connectivity index (χ0v) is 19.0. The maximum Gasteiger partial charge on any atom is 0.307 e. The Morgan fingerprint density at radius 1 is 1.03 bits per heavy atom. The Kier molecular flexibility index (Phi) is 6.38. The molecule has 0 radical (unpaired) electrons. The van der Waals surface area contributed by atoms with Crippen LogP contribution in [-0.2, 0) is 20.8 Å². The van der Waals surface area contributed by atoms with Crippen LogP contribution in [0.15, 0.2) is 72.3 Å². The summed E-state index contributed by atoms with van der Waals surface area (Å²) in [5.41, 5.74) is 1.62. The van der Waals surface area contributed by atoms with Gasteiger partial charge in [-0.2, -0.15) is 0 Å². The Bertz CT molecular complexity index is 1360. The van der Waals surface area contributed by atoms with Crippen molar-refractivity contribution < 1.29 is 33.7 Å². The van der Waals surface area contributed by atoms with E-state index < -0.39 is 35.3 Å². The second-order valence-corrected chi connectivity index (χ2v) is 8.11. The van der Waals surface area contributed by atoms with Gasteiger partial charge in [-0.15, -0.1) is 0 Å². The van der Waals surface area contributed by atoms with Crippen LogP contribution in [0.5, 0.6) is 5.75 Å². The number of carboxylic acid groups (broad SMARTS) is 1. The lowest BCUT2D eigenvalue weighted by molar-refractivity contribution is -0.136. The minimum atomic E-state index is -1.04. The highest BCUT2D eigenvalue weighted by atomic mass is 19.1. The van der Waals surface area contributed by atoms with E-state index in [9.17, 15) is 23.9 Å². The predicted octanol–water partition coefficient (Wildman–Crippen LogP) is 4.40. The molecule has 1 amide bonds. The van der Waals surface area contributed by atoms with Gasteiger partial charge < -0.3 is 14.9 Å². The number of anilines is 1. The van der Waals surface area contributed by atoms with Gasteiger partial charge in [0.15, 0.2) is 0 Å². The number of Topliss-reactive ketones (excluding diaryl/α,β-unsaturated/α-hetero) is 1. The second kappa shape index (κ2) is 9.42. The van der Waals surface area contributed by atoms with Crippen molar-refractivity contribution in [2.75, 3.05) is 12.0 Å². The number of halogens is 1. The Morgan fingerprint density at radius 3 is 2.34 bits per heavy atom. The zero-order chi connectivity index (χ0) is 25.3. The van der Waals surface area contributed by atoms with Crippen LogP contribution in [0.3, 0.4) is 0 Å². The van der Waals surface area contributed by atoms with Crippen LogP contribution in [0, 0.1) is 12.7 Å². The molecule has 0 aromatic heterocycles. The van der Waals surface area contributed by atoms with Crippen molar-refractivity contribution in [1.29, 1.82) is 0 Å². The number of hydrogen-bond donors (Lipinski definition) is 2. The Balaban J connectivity index is 1.92. The van der Waals surface area contributed by atoms with Crippen LogP contribution in [0.25, 0.3) is 5.76 Å². The molecule has 1 saturated heterocycles. The molecular formula is C27H22FNO6. The summed E-state index contributed by atoms with van der Waals surface area (Å²) in [5.74, 6) is -3.28. The molecule has 0 aliphatic carbocycles. The number of para-hydroxylation sites is 1. The molecule has 35 heavy (non-hydrogen) atoms. The Hall–Kier alpha value is -4.46. The molecule has 7 nitrogen and oxygen atoms in total. The van der Waals surface area contributed by atoms with Crippen molar-refractivity contribution in [1.82, 2.24) is 0 Å². The summed E-state index contributed by atoms with van der Waals surface area (Å²) in [7, 11) is 1.45. The normalized spacial score (nSPS) is 17.0. The number of carbonyl (C=O) groups is 3. The van der Waals surface area contributed by atoms with Crippen molar-refractivity contribution >= 4 is 29.1 Å². The Morgan fingerprint density at radius 2 is 1.71 bits per heavy atom. The van der Waals surface area contributed by atoms with E-state index in [-0.39, 0.29) is 23.1 Å². The molecule has 178 valence electrons. The van der Waals surface area contributed by atoms with E-state index in [1.54, 1.807) is 48.5 Å². The summed E-state index contributed by atoms with van der Waals surface area (Å²) >= 11 is 0. The molecule has 1 unspecified atom stereocenters. The van der Waals surface area contributed by atoms with E-state index in [0.29, 0.717) is 22.6 Å². The number of aliphatic hydroxyl groups is 1. The third-order valence-electron chi connectivity index (χ3n) is 5.88. The van der Waals surface area contributed by atoms with Crippen LogP contribution in [0.4, 0.5) is 10.1 Å². The first-order chi connectivity index (χ1) is 16.7. The van der Waals surface area contributed by atoms with E-state index in [1.165, 1.54) is 37.1 Å². The van der Waals surface area contributed by atoms with Crippen LogP contribution >= 0.6 is 0 Å². The fourth-order valence-corrected chi connectivity index (χ4v) is 4.18. The number of carbonyl (C=O) groups excluding carboxylic acids is 2. The molecule has 0 spiro atoms. The molecular weight excluding hydrogens is 453 g/mol. The first-order valence-electron chi connectivity index (χ1n) is 10.7. The van der Waals surface area contributed by atoms with E-state index in [4.69, 9.17) is 9.84 Å². The van der Waals surface area contributed by atoms with Gasteiger partial charge in [0, 0.05) is 16.8 Å². The third-order valence-corrected chi connectivity index (χ3v) is 5.88. The highest BCUT2D eigenvalue weighted by Crippen LogP contribution is 2.44. The fourth-order valence-electron chi connectivity index (χ4n) is 4.18. The van der Waals surface area contributed by atoms with Crippen LogP contribution < -0.4 is 9.64 Å². The van der Waals surface area contributed by atoms with Gasteiger partial charge in [-0.3, -0.25) is 19.3 Å². The lowest BCUT2D eigenvalue weighted by Gasteiger charge is -2.26. The number of nitrogens with zero attached hydrogens (tertiary/aromatic N) is 1. The number of benzene rings is 3.